The number of anilines is 1. The summed E-state index contributed by atoms with van der Waals surface area (Å²) in [6.45, 7) is 2.20. The Bertz CT molecular complexity index is 685. The lowest BCUT2D eigenvalue weighted by molar-refractivity contribution is 0.597. The van der Waals surface area contributed by atoms with Crippen LogP contribution < -0.4 is 5.32 Å². The number of hydrogen-bond acceptors (Lipinski definition) is 4. The Morgan fingerprint density at radius 3 is 2.50 bits per heavy atom. The van der Waals surface area contributed by atoms with Gasteiger partial charge in [-0.15, -0.1) is 0 Å². The molecular weight excluding hydrogens is 296 g/mol. The van der Waals surface area contributed by atoms with Crippen LogP contribution in [0.2, 0.25) is 5.02 Å². The molecule has 0 spiro atoms. The van der Waals surface area contributed by atoms with E-state index in [1.165, 1.54) is 0 Å². The van der Waals surface area contributed by atoms with Gasteiger partial charge in [-0.1, -0.05) is 30.7 Å². The fourth-order valence-corrected chi connectivity index (χ4v) is 2.77. The van der Waals surface area contributed by atoms with Crippen molar-refractivity contribution in [3.8, 4) is 0 Å². The number of aromatic nitrogens is 1. The minimum absolute atomic E-state index is 0.108. The van der Waals surface area contributed by atoms with E-state index >= 15 is 0 Å². The van der Waals surface area contributed by atoms with Gasteiger partial charge in [-0.25, -0.2) is 8.42 Å². The van der Waals surface area contributed by atoms with E-state index in [-0.39, 0.29) is 5.75 Å². The molecule has 2 aromatic rings. The molecule has 0 atom stereocenters. The summed E-state index contributed by atoms with van der Waals surface area (Å²) in [5.41, 5.74) is 1.78. The summed E-state index contributed by atoms with van der Waals surface area (Å²) in [5, 5.41) is 3.73. The Hall–Kier alpha value is -1.59. The third kappa shape index (κ3) is 3.49. The Morgan fingerprint density at radius 2 is 1.90 bits per heavy atom. The van der Waals surface area contributed by atoms with Gasteiger partial charge >= 0.3 is 0 Å². The molecule has 0 amide bonds. The second-order valence-electron chi connectivity index (χ2n) is 4.26. The van der Waals surface area contributed by atoms with Crippen LogP contribution in [0.25, 0.3) is 0 Å². The van der Waals surface area contributed by atoms with Gasteiger partial charge in [0, 0.05) is 18.9 Å². The molecule has 20 heavy (non-hydrogen) atoms. The molecule has 2 rings (SSSR count). The van der Waals surface area contributed by atoms with Crippen molar-refractivity contribution in [2.24, 2.45) is 0 Å². The fourth-order valence-electron chi connectivity index (χ4n) is 1.70. The number of halogens is 1. The number of rotatable bonds is 5. The van der Waals surface area contributed by atoms with Crippen molar-refractivity contribution in [1.29, 1.82) is 0 Å². The van der Waals surface area contributed by atoms with Gasteiger partial charge in [0.2, 0.25) is 0 Å². The van der Waals surface area contributed by atoms with Crippen LogP contribution in [0.15, 0.2) is 47.6 Å². The maximum absolute atomic E-state index is 11.7. The normalized spacial score (nSPS) is 11.3. The Labute approximate surface area is 123 Å². The molecule has 1 heterocycles. The van der Waals surface area contributed by atoms with Crippen molar-refractivity contribution in [3.05, 3.63) is 53.3 Å². The average molecular weight is 311 g/mol. The van der Waals surface area contributed by atoms with Crippen LogP contribution in [0.1, 0.15) is 12.5 Å². The topological polar surface area (TPSA) is 59.1 Å². The van der Waals surface area contributed by atoms with E-state index in [2.05, 4.69) is 10.3 Å². The first-order valence-corrected chi connectivity index (χ1v) is 8.21. The maximum Gasteiger partial charge on any atom is 0.178 e. The standard InChI is InChI=1S/C14H15ClN2O2S/c1-2-20(18,19)12-5-3-11(4-6-12)9-17-14-7-8-16-10-13(14)15/h3-8,10H,2,9H2,1H3,(H,16,17). The van der Waals surface area contributed by atoms with Gasteiger partial charge in [-0.3, -0.25) is 4.98 Å². The van der Waals surface area contributed by atoms with E-state index in [0.29, 0.717) is 16.5 Å². The molecule has 0 unspecified atom stereocenters. The predicted octanol–water partition coefficient (Wildman–Crippen LogP) is 3.14. The summed E-state index contributed by atoms with van der Waals surface area (Å²) in [6, 6.07) is 8.64. The number of benzene rings is 1. The average Bonchev–Trinajstić information content (AvgIpc) is 2.47. The lowest BCUT2D eigenvalue weighted by Crippen LogP contribution is -2.04. The molecule has 106 valence electrons. The summed E-state index contributed by atoms with van der Waals surface area (Å²) < 4.78 is 23.4. The van der Waals surface area contributed by atoms with E-state index in [1.807, 2.05) is 0 Å². The van der Waals surface area contributed by atoms with Crippen LogP contribution in [0, 0.1) is 0 Å². The molecule has 0 fully saturated rings. The lowest BCUT2D eigenvalue weighted by Gasteiger charge is -2.08. The fraction of sp³-hybridized carbons (Fsp3) is 0.214. The summed E-state index contributed by atoms with van der Waals surface area (Å²) >= 11 is 5.99. The van der Waals surface area contributed by atoms with Gasteiger partial charge < -0.3 is 5.32 Å². The molecular formula is C14H15ClN2O2S. The summed E-state index contributed by atoms with van der Waals surface area (Å²) in [7, 11) is -3.14. The van der Waals surface area contributed by atoms with Crippen LogP contribution in [0.5, 0.6) is 0 Å². The third-order valence-electron chi connectivity index (χ3n) is 2.92. The first kappa shape index (κ1) is 14.8. The summed E-state index contributed by atoms with van der Waals surface area (Å²) in [5.74, 6) is 0.108. The second kappa shape index (κ2) is 6.24. The molecule has 0 saturated heterocycles. The highest BCUT2D eigenvalue weighted by Crippen LogP contribution is 2.20. The Morgan fingerprint density at radius 1 is 1.20 bits per heavy atom. The van der Waals surface area contributed by atoms with Crippen molar-refractivity contribution in [2.75, 3.05) is 11.1 Å². The van der Waals surface area contributed by atoms with Crippen molar-refractivity contribution >= 4 is 27.1 Å². The third-order valence-corrected chi connectivity index (χ3v) is 4.97. The summed E-state index contributed by atoms with van der Waals surface area (Å²) in [6.07, 6.45) is 3.23. The van der Waals surface area contributed by atoms with E-state index in [4.69, 9.17) is 11.6 Å². The van der Waals surface area contributed by atoms with E-state index in [0.717, 1.165) is 11.3 Å². The first-order chi connectivity index (χ1) is 9.53. The van der Waals surface area contributed by atoms with Gasteiger partial charge in [0.15, 0.2) is 9.84 Å². The number of hydrogen-bond donors (Lipinski definition) is 1. The highest BCUT2D eigenvalue weighted by molar-refractivity contribution is 7.91. The highest BCUT2D eigenvalue weighted by atomic mass is 35.5. The minimum Gasteiger partial charge on any atom is -0.380 e. The maximum atomic E-state index is 11.7. The predicted molar refractivity (Wildman–Crippen MR) is 80.7 cm³/mol. The quantitative estimate of drug-likeness (QED) is 0.921. The molecule has 0 radical (unpaired) electrons. The molecule has 0 aliphatic heterocycles. The second-order valence-corrected chi connectivity index (χ2v) is 6.94. The van der Waals surface area contributed by atoms with Crippen molar-refractivity contribution in [2.45, 2.75) is 18.4 Å². The summed E-state index contributed by atoms with van der Waals surface area (Å²) in [4.78, 5) is 4.26. The molecule has 6 heteroatoms. The number of pyridine rings is 1. The van der Waals surface area contributed by atoms with Gasteiger partial charge in [0.05, 0.1) is 21.4 Å². The van der Waals surface area contributed by atoms with Gasteiger partial charge in [0.1, 0.15) is 0 Å². The van der Waals surface area contributed by atoms with Gasteiger partial charge in [-0.05, 0) is 23.8 Å². The zero-order valence-electron chi connectivity index (χ0n) is 11.0. The van der Waals surface area contributed by atoms with Crippen LogP contribution >= 0.6 is 11.6 Å². The van der Waals surface area contributed by atoms with Crippen LogP contribution in [-0.2, 0) is 16.4 Å². The van der Waals surface area contributed by atoms with E-state index in [9.17, 15) is 8.42 Å². The molecule has 1 N–H and O–H groups in total. The Kier molecular flexibility index (Phi) is 4.62. The van der Waals surface area contributed by atoms with Crippen LogP contribution in [0.4, 0.5) is 5.69 Å². The minimum atomic E-state index is -3.14. The van der Waals surface area contributed by atoms with Crippen LogP contribution in [0.3, 0.4) is 0 Å². The SMILES string of the molecule is CCS(=O)(=O)c1ccc(CNc2ccncc2Cl)cc1. The van der Waals surface area contributed by atoms with Crippen molar-refractivity contribution < 1.29 is 8.42 Å². The molecule has 4 nitrogen and oxygen atoms in total. The van der Waals surface area contributed by atoms with E-state index < -0.39 is 9.84 Å². The van der Waals surface area contributed by atoms with Crippen LogP contribution in [-0.4, -0.2) is 19.2 Å². The lowest BCUT2D eigenvalue weighted by atomic mass is 10.2. The molecule has 0 aliphatic rings. The molecule has 1 aromatic heterocycles. The number of sulfone groups is 1. The largest absolute Gasteiger partial charge is 0.380 e. The molecule has 0 saturated carbocycles. The van der Waals surface area contributed by atoms with Crippen molar-refractivity contribution in [1.82, 2.24) is 4.98 Å². The molecule has 0 aliphatic carbocycles. The zero-order chi connectivity index (χ0) is 14.6. The zero-order valence-corrected chi connectivity index (χ0v) is 12.6. The number of nitrogens with zero attached hydrogens (tertiary/aromatic N) is 1. The highest BCUT2D eigenvalue weighted by Gasteiger charge is 2.10. The first-order valence-electron chi connectivity index (χ1n) is 6.18. The monoisotopic (exact) mass is 310 g/mol. The van der Waals surface area contributed by atoms with Gasteiger partial charge in [-0.2, -0.15) is 0 Å². The number of nitrogens with one attached hydrogen (secondary N) is 1. The van der Waals surface area contributed by atoms with Crippen molar-refractivity contribution in [3.63, 3.8) is 0 Å². The molecule has 0 bridgehead atoms. The smallest absolute Gasteiger partial charge is 0.178 e. The van der Waals surface area contributed by atoms with Gasteiger partial charge in [0.25, 0.3) is 0 Å². The Balaban J connectivity index is 2.07. The molecule has 1 aromatic carbocycles. The van der Waals surface area contributed by atoms with E-state index in [1.54, 1.807) is 49.6 Å².